The van der Waals surface area contributed by atoms with Crippen LogP contribution in [-0.2, 0) is 14.1 Å². The van der Waals surface area contributed by atoms with Crippen LogP contribution in [0.2, 0.25) is 0 Å². The predicted molar refractivity (Wildman–Crippen MR) is 97.2 cm³/mol. The third kappa shape index (κ3) is 3.62. The Kier molecular flexibility index (Phi) is 5.77. The zero-order chi connectivity index (χ0) is 19.7. The van der Waals surface area contributed by atoms with Crippen molar-refractivity contribution in [2.24, 2.45) is 0 Å². The highest BCUT2D eigenvalue weighted by atomic mass is 16.7. The van der Waals surface area contributed by atoms with Gasteiger partial charge in [-0.2, -0.15) is 0 Å². The molecule has 0 saturated carbocycles. The first-order valence-electron chi connectivity index (χ1n) is 8.44. The molecule has 144 valence electrons. The molecule has 7 nitrogen and oxygen atoms in total. The molecule has 0 bridgehead atoms. The Labute approximate surface area is 154 Å². The number of carbonyl (C=O) groups is 1. The third-order valence-corrected chi connectivity index (χ3v) is 5.13. The minimum absolute atomic E-state index is 0.178. The first-order valence-corrected chi connectivity index (χ1v) is 8.44. The van der Waals surface area contributed by atoms with E-state index >= 15 is 0 Å². The number of methoxy groups -OCH3 is 3. The number of ether oxygens (including phenoxy) is 3. The van der Waals surface area contributed by atoms with Crippen LogP contribution < -0.4 is 14.2 Å². The van der Waals surface area contributed by atoms with Crippen LogP contribution in [0.1, 0.15) is 45.5 Å². The molecule has 8 heteroatoms. The molecule has 0 radical (unpaired) electrons. The summed E-state index contributed by atoms with van der Waals surface area (Å²) in [6.07, 6.45) is -0.178. The topological polar surface area (TPSA) is 83.5 Å². The summed E-state index contributed by atoms with van der Waals surface area (Å²) in [4.78, 5) is 11.5. The number of hydrogen-bond acceptors (Lipinski definition) is 6. The monoisotopic (exact) mass is 366 g/mol. The SMILES string of the molecule is COc1ccc(C(CC(=O)O)B2OC(C)(C)C(C)(C)O2)c(OC)c1OC. The second-order valence-electron chi connectivity index (χ2n) is 7.25. The molecule has 1 aliphatic heterocycles. The van der Waals surface area contributed by atoms with E-state index in [9.17, 15) is 9.90 Å². The van der Waals surface area contributed by atoms with E-state index in [-0.39, 0.29) is 6.42 Å². The van der Waals surface area contributed by atoms with Gasteiger partial charge in [0.1, 0.15) is 0 Å². The van der Waals surface area contributed by atoms with Gasteiger partial charge in [0, 0.05) is 5.82 Å². The van der Waals surface area contributed by atoms with Gasteiger partial charge in [-0.3, -0.25) is 4.79 Å². The van der Waals surface area contributed by atoms with Crippen molar-refractivity contribution in [1.82, 2.24) is 0 Å². The summed E-state index contributed by atoms with van der Waals surface area (Å²) in [7, 11) is 3.80. The maximum Gasteiger partial charge on any atom is 0.466 e. The Hall–Kier alpha value is -1.93. The van der Waals surface area contributed by atoms with Crippen molar-refractivity contribution in [3.8, 4) is 17.2 Å². The van der Waals surface area contributed by atoms with Gasteiger partial charge in [-0.05, 0) is 39.3 Å². The van der Waals surface area contributed by atoms with Gasteiger partial charge < -0.3 is 28.6 Å². The molecule has 1 aliphatic rings. The molecular formula is C18H27BO7. The zero-order valence-corrected chi connectivity index (χ0v) is 16.4. The lowest BCUT2D eigenvalue weighted by atomic mass is 9.66. The van der Waals surface area contributed by atoms with Gasteiger partial charge in [-0.25, -0.2) is 0 Å². The van der Waals surface area contributed by atoms with E-state index in [1.165, 1.54) is 21.3 Å². The molecule has 26 heavy (non-hydrogen) atoms. The Morgan fingerprint density at radius 1 is 1.04 bits per heavy atom. The molecular weight excluding hydrogens is 339 g/mol. The molecule has 1 aromatic carbocycles. The van der Waals surface area contributed by atoms with Crippen molar-refractivity contribution >= 4 is 13.1 Å². The van der Waals surface area contributed by atoms with Gasteiger partial charge in [0.25, 0.3) is 0 Å². The van der Waals surface area contributed by atoms with E-state index in [4.69, 9.17) is 23.5 Å². The molecule has 1 fully saturated rings. The fourth-order valence-corrected chi connectivity index (χ4v) is 3.01. The largest absolute Gasteiger partial charge is 0.493 e. The van der Waals surface area contributed by atoms with Crippen LogP contribution >= 0.6 is 0 Å². The quantitative estimate of drug-likeness (QED) is 0.743. The lowest BCUT2D eigenvalue weighted by Crippen LogP contribution is -2.41. The number of benzene rings is 1. The van der Waals surface area contributed by atoms with Crippen molar-refractivity contribution in [3.05, 3.63) is 17.7 Å². The highest BCUT2D eigenvalue weighted by Gasteiger charge is 2.54. The van der Waals surface area contributed by atoms with Crippen LogP contribution in [0.3, 0.4) is 0 Å². The lowest BCUT2D eigenvalue weighted by Gasteiger charge is -2.32. The first-order chi connectivity index (χ1) is 12.1. The third-order valence-electron chi connectivity index (χ3n) is 5.13. The molecule has 0 aromatic heterocycles. The fourth-order valence-electron chi connectivity index (χ4n) is 3.01. The van der Waals surface area contributed by atoms with Gasteiger partial charge in [0.2, 0.25) is 5.75 Å². The summed E-state index contributed by atoms with van der Waals surface area (Å²) in [5.74, 6) is -0.229. The summed E-state index contributed by atoms with van der Waals surface area (Å²) < 4.78 is 28.4. The van der Waals surface area contributed by atoms with Gasteiger partial charge in [-0.15, -0.1) is 0 Å². The summed E-state index contributed by atoms with van der Waals surface area (Å²) >= 11 is 0. The van der Waals surface area contributed by atoms with E-state index in [0.717, 1.165) is 0 Å². The maximum absolute atomic E-state index is 11.5. The van der Waals surface area contributed by atoms with Gasteiger partial charge >= 0.3 is 13.1 Å². The fraction of sp³-hybridized carbons (Fsp3) is 0.611. The minimum atomic E-state index is -0.957. The highest BCUT2D eigenvalue weighted by molar-refractivity contribution is 6.48. The van der Waals surface area contributed by atoms with E-state index in [1.807, 2.05) is 27.7 Å². The van der Waals surface area contributed by atoms with Crippen LogP contribution in [0.4, 0.5) is 0 Å². The molecule has 1 saturated heterocycles. The normalized spacial score (nSPS) is 19.1. The number of rotatable bonds is 7. The Bertz CT molecular complexity index is 656. The standard InChI is InChI=1S/C18H27BO7/c1-17(2)18(3,4)26-19(25-17)12(10-14(20)21)11-8-9-13(22-5)16(24-7)15(11)23-6/h8-9,12H,10H2,1-7H3,(H,20,21). The number of aliphatic carboxylic acids is 1. The second-order valence-corrected chi connectivity index (χ2v) is 7.25. The average Bonchev–Trinajstić information content (AvgIpc) is 2.78. The molecule has 1 atom stereocenters. The van der Waals surface area contributed by atoms with Gasteiger partial charge in [0.05, 0.1) is 39.0 Å². The van der Waals surface area contributed by atoms with Crippen LogP contribution in [0, 0.1) is 0 Å². The Balaban J connectivity index is 2.54. The van der Waals surface area contributed by atoms with Crippen molar-refractivity contribution < 1.29 is 33.4 Å². The van der Waals surface area contributed by atoms with Crippen LogP contribution in [0.15, 0.2) is 12.1 Å². The number of hydrogen-bond donors (Lipinski definition) is 1. The smallest absolute Gasteiger partial charge is 0.466 e. The maximum atomic E-state index is 11.5. The van der Waals surface area contributed by atoms with E-state index < -0.39 is 30.1 Å². The molecule has 0 spiro atoms. The van der Waals surface area contributed by atoms with Gasteiger partial charge in [-0.1, -0.05) is 6.07 Å². The van der Waals surface area contributed by atoms with Crippen LogP contribution in [-0.4, -0.2) is 50.7 Å². The van der Waals surface area contributed by atoms with E-state index in [1.54, 1.807) is 12.1 Å². The van der Waals surface area contributed by atoms with E-state index in [0.29, 0.717) is 22.8 Å². The number of carboxylic acids is 1. The first kappa shape index (κ1) is 20.4. The van der Waals surface area contributed by atoms with Crippen LogP contribution in [0.25, 0.3) is 0 Å². The van der Waals surface area contributed by atoms with Crippen molar-refractivity contribution in [2.45, 2.75) is 51.1 Å². The molecule has 0 amide bonds. The summed E-state index contributed by atoms with van der Waals surface area (Å²) in [6.45, 7) is 7.71. The zero-order valence-electron chi connectivity index (χ0n) is 16.4. The molecule has 0 aliphatic carbocycles. The molecule has 1 unspecified atom stereocenters. The lowest BCUT2D eigenvalue weighted by molar-refractivity contribution is -0.137. The summed E-state index contributed by atoms with van der Waals surface area (Å²) in [6, 6.07) is 3.48. The predicted octanol–water partition coefficient (Wildman–Crippen LogP) is 2.90. The average molecular weight is 366 g/mol. The van der Waals surface area contributed by atoms with Crippen molar-refractivity contribution in [1.29, 1.82) is 0 Å². The second kappa shape index (κ2) is 7.36. The molecule has 1 aromatic rings. The molecule has 1 N–H and O–H groups in total. The Morgan fingerprint density at radius 3 is 2.00 bits per heavy atom. The molecule has 1 heterocycles. The van der Waals surface area contributed by atoms with Gasteiger partial charge in [0.15, 0.2) is 11.5 Å². The highest BCUT2D eigenvalue weighted by Crippen LogP contribution is 2.47. The van der Waals surface area contributed by atoms with E-state index in [2.05, 4.69) is 0 Å². The summed E-state index contributed by atoms with van der Waals surface area (Å²) in [5, 5.41) is 9.45. The minimum Gasteiger partial charge on any atom is -0.493 e. The number of carboxylic acid groups (broad SMARTS) is 1. The van der Waals surface area contributed by atoms with Crippen molar-refractivity contribution in [3.63, 3.8) is 0 Å². The van der Waals surface area contributed by atoms with Crippen LogP contribution in [0.5, 0.6) is 17.2 Å². The summed E-state index contributed by atoms with van der Waals surface area (Å²) in [5.41, 5.74) is -0.512. The molecule has 2 rings (SSSR count). The van der Waals surface area contributed by atoms with Crippen molar-refractivity contribution in [2.75, 3.05) is 21.3 Å². The Morgan fingerprint density at radius 2 is 1.58 bits per heavy atom.